The third kappa shape index (κ3) is 8.87. The number of piperidine rings is 1. The molecular formula is C41H45F6N9O5S. The summed E-state index contributed by atoms with van der Waals surface area (Å²) in [6.45, 7) is 3.05. The maximum atomic E-state index is 14.4. The van der Waals surface area contributed by atoms with Gasteiger partial charge >= 0.3 is 12.4 Å². The number of rotatable bonds is 10. The molecule has 3 aromatic rings. The molecule has 0 bridgehead atoms. The van der Waals surface area contributed by atoms with E-state index in [0.717, 1.165) is 21.9 Å². The molecule has 0 radical (unpaired) electrons. The average Bonchev–Trinajstić information content (AvgIpc) is 3.63. The number of aryl methyl sites for hydroxylation is 1. The number of hydrogen-bond acceptors (Lipinski definition) is 10. The van der Waals surface area contributed by atoms with E-state index in [9.17, 15) is 50.8 Å². The second kappa shape index (κ2) is 17.2. The molecule has 2 N–H and O–H groups in total. The average molecular weight is 890 g/mol. The Morgan fingerprint density at radius 1 is 1.05 bits per heavy atom. The van der Waals surface area contributed by atoms with Gasteiger partial charge in [0, 0.05) is 51.1 Å². The fraction of sp³-hybridized carbons (Fsp3) is 0.537. The first kappa shape index (κ1) is 44.9. The first-order chi connectivity index (χ1) is 29.2. The second-order valence-electron chi connectivity index (χ2n) is 16.6. The molecular weight excluding hydrogens is 845 g/mol. The molecule has 1 aliphatic carbocycles. The summed E-state index contributed by atoms with van der Waals surface area (Å²) in [5, 5.41) is 19.4. The highest BCUT2D eigenvalue weighted by molar-refractivity contribution is 7.80. The van der Waals surface area contributed by atoms with Crippen molar-refractivity contribution in [2.24, 2.45) is 7.05 Å². The van der Waals surface area contributed by atoms with Crippen molar-refractivity contribution in [3.05, 3.63) is 53.2 Å². The van der Waals surface area contributed by atoms with Crippen LogP contribution in [0.15, 0.2) is 36.4 Å². The van der Waals surface area contributed by atoms with Crippen LogP contribution in [0.5, 0.6) is 0 Å². The summed E-state index contributed by atoms with van der Waals surface area (Å²) >= 11 is 5.69. The zero-order chi connectivity index (χ0) is 44.9. The molecule has 3 saturated heterocycles. The molecule has 4 amide bonds. The van der Waals surface area contributed by atoms with Crippen molar-refractivity contribution in [1.29, 1.82) is 5.26 Å². The Kier molecular flexibility index (Phi) is 12.4. The molecule has 1 saturated carbocycles. The zero-order valence-electron chi connectivity index (χ0n) is 34.1. The summed E-state index contributed by atoms with van der Waals surface area (Å²) in [7, 11) is 1.63. The van der Waals surface area contributed by atoms with E-state index in [1.165, 1.54) is 16.8 Å². The van der Waals surface area contributed by atoms with Gasteiger partial charge in [0.05, 0.1) is 65.0 Å². The predicted octanol–water partition coefficient (Wildman–Crippen LogP) is 5.21. The van der Waals surface area contributed by atoms with Crippen LogP contribution in [-0.4, -0.2) is 122 Å². The molecule has 4 heterocycles. The van der Waals surface area contributed by atoms with Crippen molar-refractivity contribution < 1.29 is 50.3 Å². The highest BCUT2D eigenvalue weighted by Crippen LogP contribution is 2.41. The highest BCUT2D eigenvalue weighted by Gasteiger charge is 2.53. The summed E-state index contributed by atoms with van der Waals surface area (Å²) in [5.41, 5.74) is -1.75. The van der Waals surface area contributed by atoms with Crippen LogP contribution < -0.4 is 15.5 Å². The normalized spacial score (nSPS) is 24.1. The number of halogens is 6. The van der Waals surface area contributed by atoms with Gasteiger partial charge in [0.25, 0.3) is 5.91 Å². The van der Waals surface area contributed by atoms with Gasteiger partial charge in [-0.25, -0.2) is 0 Å². The first-order valence-corrected chi connectivity index (χ1v) is 20.6. The largest absolute Gasteiger partial charge is 0.417 e. The molecule has 4 aliphatic rings. The summed E-state index contributed by atoms with van der Waals surface area (Å²) in [6, 6.07) is 7.44. The smallest absolute Gasteiger partial charge is 0.377 e. The molecule has 1 unspecified atom stereocenters. The van der Waals surface area contributed by atoms with E-state index in [-0.39, 0.29) is 74.5 Å². The maximum Gasteiger partial charge on any atom is 0.417 e. The topological polar surface area (TPSA) is 156 Å². The van der Waals surface area contributed by atoms with Crippen LogP contribution in [0.2, 0.25) is 0 Å². The van der Waals surface area contributed by atoms with Gasteiger partial charge in [-0.1, -0.05) is 12.1 Å². The standard InChI is InChI=1S/C41H45F6N9O5S/c1-39(2)37(60)55(25-8-7-23(20-48)29(19-25)40(42,43)44)38(62)56(39)24-9-11-26(12-10-24)61-18-17-53-15-16-54(31(21-53)41(45,46)47)22-33(58)49-30-6-4-5-27-34(51-52(3)35(27)30)28-13-14-32(57)50-36(28)59/h4-8,19,24,26,28,31H,9-18,21-22H2,1-3H3,(H,49,58)(H,50,57,59)/t24-,26-,28?,31-/m1/s1. The SMILES string of the molecule is Cn1nc(C2CCC(=O)NC2=O)c2cccc(NC(=O)CN3CCN(CCO[C@H]4CC[C@H](N5C(=S)N(c6ccc(C#N)c(C(F)(F)F)c6)C(=O)C5(C)C)CC4)C[C@@H]3C(F)(F)F)c21. The Balaban J connectivity index is 0.910. The van der Waals surface area contributed by atoms with E-state index in [1.54, 1.807) is 48.9 Å². The van der Waals surface area contributed by atoms with Crippen LogP contribution in [0.3, 0.4) is 0 Å². The molecule has 3 aliphatic heterocycles. The van der Waals surface area contributed by atoms with E-state index >= 15 is 0 Å². The number of nitriles is 1. The number of aromatic nitrogens is 2. The van der Waals surface area contributed by atoms with Crippen LogP contribution in [0.25, 0.3) is 10.9 Å². The molecule has 1 aromatic heterocycles. The lowest BCUT2D eigenvalue weighted by atomic mass is 9.89. The molecule has 14 nitrogen and oxygen atoms in total. The number of piperazine rings is 1. The van der Waals surface area contributed by atoms with Crippen LogP contribution >= 0.6 is 12.2 Å². The number of hydrogen-bond donors (Lipinski definition) is 2. The lowest BCUT2D eigenvalue weighted by Gasteiger charge is -2.42. The maximum absolute atomic E-state index is 14.4. The summed E-state index contributed by atoms with van der Waals surface area (Å²) < 4.78 is 92.2. The van der Waals surface area contributed by atoms with Crippen LogP contribution in [0.1, 0.15) is 75.1 Å². The Hall–Kier alpha value is -5.17. The van der Waals surface area contributed by atoms with Gasteiger partial charge in [-0.2, -0.15) is 36.7 Å². The van der Waals surface area contributed by atoms with Crippen molar-refractivity contribution in [2.75, 3.05) is 49.5 Å². The van der Waals surface area contributed by atoms with Crippen molar-refractivity contribution in [3.63, 3.8) is 0 Å². The lowest BCUT2D eigenvalue weighted by molar-refractivity contribution is -0.197. The van der Waals surface area contributed by atoms with Crippen LogP contribution in [0.4, 0.5) is 37.7 Å². The van der Waals surface area contributed by atoms with E-state index in [4.69, 9.17) is 17.0 Å². The van der Waals surface area contributed by atoms with E-state index in [2.05, 4.69) is 15.7 Å². The van der Waals surface area contributed by atoms with Gasteiger partial charge in [0.15, 0.2) is 5.11 Å². The first-order valence-electron chi connectivity index (χ1n) is 20.2. The number of para-hydroxylation sites is 1. The molecule has 62 heavy (non-hydrogen) atoms. The summed E-state index contributed by atoms with van der Waals surface area (Å²) in [5.74, 6) is -2.66. The number of nitrogens with one attached hydrogen (secondary N) is 2. The van der Waals surface area contributed by atoms with Gasteiger partial charge in [0.2, 0.25) is 17.7 Å². The van der Waals surface area contributed by atoms with Crippen molar-refractivity contribution >= 4 is 63.2 Å². The van der Waals surface area contributed by atoms with Crippen molar-refractivity contribution in [3.8, 4) is 6.07 Å². The third-order valence-electron chi connectivity index (χ3n) is 12.2. The number of imide groups is 1. The van der Waals surface area contributed by atoms with Crippen LogP contribution in [0, 0.1) is 11.3 Å². The highest BCUT2D eigenvalue weighted by atomic mass is 32.1. The summed E-state index contributed by atoms with van der Waals surface area (Å²) in [6.07, 6.45) is -7.03. The number of anilines is 2. The minimum absolute atomic E-state index is 0.0282. The molecule has 0 spiro atoms. The number of carbonyl (C=O) groups excluding carboxylic acids is 4. The second-order valence-corrected chi connectivity index (χ2v) is 16.9. The molecule has 21 heteroatoms. The number of fused-ring (bicyclic) bond motifs is 1. The van der Waals surface area contributed by atoms with Gasteiger partial charge in [-0.05, 0) is 82.4 Å². The van der Waals surface area contributed by atoms with Crippen molar-refractivity contribution in [2.45, 2.75) is 94.4 Å². The van der Waals surface area contributed by atoms with E-state index in [1.807, 2.05) is 0 Å². The predicted molar refractivity (Wildman–Crippen MR) is 216 cm³/mol. The number of thiocarbonyl (C=S) groups is 1. The molecule has 7 rings (SSSR count). The monoisotopic (exact) mass is 889 g/mol. The number of carbonyl (C=O) groups is 4. The minimum Gasteiger partial charge on any atom is -0.377 e. The van der Waals surface area contributed by atoms with Gasteiger partial charge in [-0.3, -0.25) is 43.9 Å². The zero-order valence-corrected chi connectivity index (χ0v) is 34.9. The third-order valence-corrected chi connectivity index (χ3v) is 12.6. The molecule has 2 aromatic carbocycles. The fourth-order valence-electron chi connectivity index (χ4n) is 9.10. The van der Waals surface area contributed by atoms with Crippen LogP contribution in [-0.2, 0) is 37.1 Å². The molecule has 4 fully saturated rings. The number of nitrogens with zero attached hydrogens (tertiary/aromatic N) is 7. The van der Waals surface area contributed by atoms with Crippen molar-refractivity contribution in [1.82, 2.24) is 29.8 Å². The minimum atomic E-state index is -4.82. The Bertz CT molecular complexity index is 2320. The quantitative estimate of drug-likeness (QED) is 0.157. The molecule has 2 atom stereocenters. The van der Waals surface area contributed by atoms with Gasteiger partial charge in [0.1, 0.15) is 11.6 Å². The number of benzene rings is 2. The van der Waals surface area contributed by atoms with Gasteiger partial charge < -0.3 is 15.0 Å². The Morgan fingerprint density at radius 3 is 2.44 bits per heavy atom. The lowest BCUT2D eigenvalue weighted by Crippen LogP contribution is -2.60. The number of amides is 4. The number of alkyl halides is 6. The fourth-order valence-corrected chi connectivity index (χ4v) is 9.67. The Morgan fingerprint density at radius 2 is 1.77 bits per heavy atom. The Labute approximate surface area is 358 Å². The molecule has 332 valence electrons. The summed E-state index contributed by atoms with van der Waals surface area (Å²) in [4.78, 5) is 56.8. The van der Waals surface area contributed by atoms with E-state index < -0.39 is 65.2 Å². The van der Waals surface area contributed by atoms with Gasteiger partial charge in [-0.15, -0.1) is 0 Å². The van der Waals surface area contributed by atoms with E-state index in [0.29, 0.717) is 48.0 Å². The number of ether oxygens (including phenoxy) is 1.